The van der Waals surface area contributed by atoms with Gasteiger partial charge in [0.25, 0.3) is 5.91 Å². The second-order valence-electron chi connectivity index (χ2n) is 10.3. The van der Waals surface area contributed by atoms with E-state index in [1.54, 1.807) is 15.9 Å². The van der Waals surface area contributed by atoms with Crippen molar-refractivity contribution in [3.05, 3.63) is 77.6 Å². The lowest BCUT2D eigenvalue weighted by Crippen LogP contribution is -2.62. The molecule has 0 spiro atoms. The van der Waals surface area contributed by atoms with Gasteiger partial charge in [-0.25, -0.2) is 9.18 Å². The van der Waals surface area contributed by atoms with E-state index in [4.69, 9.17) is 0 Å². The van der Waals surface area contributed by atoms with Gasteiger partial charge < -0.3 is 20.9 Å². The molecule has 202 valence electrons. The van der Waals surface area contributed by atoms with Gasteiger partial charge >= 0.3 is 6.03 Å². The van der Waals surface area contributed by atoms with E-state index in [9.17, 15) is 18.8 Å². The number of thioether (sulfide) groups is 1. The lowest BCUT2D eigenvalue weighted by molar-refractivity contribution is -0.128. The van der Waals surface area contributed by atoms with Crippen LogP contribution >= 0.6 is 11.8 Å². The highest BCUT2D eigenvalue weighted by Gasteiger charge is 2.51. The average molecular weight is 548 g/mol. The molecule has 4 atom stereocenters. The number of likely N-dealkylation sites (tertiary alicyclic amines) is 1. The van der Waals surface area contributed by atoms with Gasteiger partial charge in [0.2, 0.25) is 5.91 Å². The molecule has 3 saturated heterocycles. The number of nitrogens with zero attached hydrogens (tertiary/aromatic N) is 2. The molecule has 8 nitrogen and oxygen atoms in total. The number of carbonyl (C=O) groups excluding carboxylic acids is 3. The molecule has 10 heteroatoms. The highest BCUT2D eigenvalue weighted by atomic mass is 32.2. The van der Waals surface area contributed by atoms with Crippen molar-refractivity contribution in [1.29, 1.82) is 0 Å². The number of anilines is 1. The number of carbonyl (C=O) groups is 3. The van der Waals surface area contributed by atoms with E-state index in [-0.39, 0.29) is 47.0 Å². The van der Waals surface area contributed by atoms with E-state index in [0.29, 0.717) is 23.7 Å². The summed E-state index contributed by atoms with van der Waals surface area (Å²) in [5.74, 6) is -0.744. The van der Waals surface area contributed by atoms with E-state index in [1.165, 1.54) is 30.0 Å². The number of hydrogen-bond donors (Lipinski definition) is 3. The van der Waals surface area contributed by atoms with E-state index in [1.807, 2.05) is 30.3 Å². The summed E-state index contributed by atoms with van der Waals surface area (Å²) >= 11 is 1.46. The van der Waals surface area contributed by atoms with Crippen LogP contribution in [0.1, 0.15) is 19.3 Å². The topological polar surface area (TPSA) is 93.8 Å². The lowest BCUT2D eigenvalue weighted by Gasteiger charge is -2.45. The largest absolute Gasteiger partial charge is 0.347 e. The first-order chi connectivity index (χ1) is 18.9. The predicted octanol–water partition coefficient (Wildman–Crippen LogP) is 3.58. The molecule has 0 bridgehead atoms. The molecule has 6 rings (SSSR count). The molecule has 0 radical (unpaired) electrons. The Morgan fingerprint density at radius 3 is 2.72 bits per heavy atom. The van der Waals surface area contributed by atoms with E-state index in [2.05, 4.69) is 22.5 Å². The van der Waals surface area contributed by atoms with Gasteiger partial charge in [-0.2, -0.15) is 0 Å². The van der Waals surface area contributed by atoms with Crippen LogP contribution in [0.3, 0.4) is 0 Å². The first-order valence-electron chi connectivity index (χ1n) is 13.3. The van der Waals surface area contributed by atoms with Crippen molar-refractivity contribution in [2.24, 2.45) is 5.92 Å². The molecule has 0 aromatic heterocycles. The van der Waals surface area contributed by atoms with Crippen molar-refractivity contribution in [2.45, 2.75) is 36.7 Å². The zero-order valence-corrected chi connectivity index (χ0v) is 22.2. The molecule has 0 saturated carbocycles. The predicted molar refractivity (Wildman–Crippen MR) is 149 cm³/mol. The van der Waals surface area contributed by atoms with Crippen LogP contribution in [-0.4, -0.2) is 59.8 Å². The molecule has 0 aliphatic carbocycles. The van der Waals surface area contributed by atoms with E-state index in [0.717, 1.165) is 42.6 Å². The number of rotatable bonds is 5. The number of hydrogen-bond acceptors (Lipinski definition) is 5. The molecule has 4 aliphatic rings. The van der Waals surface area contributed by atoms with Crippen LogP contribution in [0.2, 0.25) is 0 Å². The van der Waals surface area contributed by atoms with Crippen LogP contribution in [0.25, 0.3) is 11.1 Å². The second-order valence-corrected chi connectivity index (χ2v) is 11.4. The summed E-state index contributed by atoms with van der Waals surface area (Å²) in [5, 5.41) is 9.61. The first kappa shape index (κ1) is 25.6. The third-order valence-corrected chi connectivity index (χ3v) is 9.23. The monoisotopic (exact) mass is 547 g/mol. The maximum atomic E-state index is 13.9. The minimum absolute atomic E-state index is 0.0424. The fraction of sp³-hybridized carbons (Fsp3) is 0.345. The third-order valence-electron chi connectivity index (χ3n) is 7.87. The van der Waals surface area contributed by atoms with Gasteiger partial charge in [0.1, 0.15) is 5.82 Å². The maximum absolute atomic E-state index is 13.9. The summed E-state index contributed by atoms with van der Waals surface area (Å²) in [7, 11) is 0. The fourth-order valence-corrected chi connectivity index (χ4v) is 7.50. The van der Waals surface area contributed by atoms with Gasteiger partial charge in [-0.15, -0.1) is 0 Å². The highest BCUT2D eigenvalue weighted by Crippen LogP contribution is 2.48. The number of piperidine rings is 2. The number of benzene rings is 2. The van der Waals surface area contributed by atoms with E-state index < -0.39 is 0 Å². The number of urea groups is 1. The SMILES string of the molecule is C=CC(=O)N1CCC[C@@H](NC(=O)C2=C3NC(=O)N(c4cccc(-c5cccc(F)c5)c4)C4CCNC(S2)C34)C1. The molecule has 2 aromatic rings. The molecule has 3 unspecified atom stereocenters. The number of amides is 4. The van der Waals surface area contributed by atoms with Gasteiger partial charge in [-0.1, -0.05) is 42.6 Å². The Kier molecular flexibility index (Phi) is 6.90. The summed E-state index contributed by atoms with van der Waals surface area (Å²) in [5.41, 5.74) is 2.96. The molecule has 4 amide bonds. The molecule has 4 heterocycles. The van der Waals surface area contributed by atoms with Gasteiger partial charge in [0, 0.05) is 36.4 Å². The van der Waals surface area contributed by atoms with Gasteiger partial charge in [-0.3, -0.25) is 14.5 Å². The Bertz CT molecular complexity index is 1380. The maximum Gasteiger partial charge on any atom is 0.326 e. The van der Waals surface area contributed by atoms with Crippen LogP contribution in [-0.2, 0) is 9.59 Å². The van der Waals surface area contributed by atoms with Crippen molar-refractivity contribution >= 4 is 35.3 Å². The quantitative estimate of drug-likeness (QED) is 0.498. The van der Waals surface area contributed by atoms with Gasteiger partial charge in [-0.05, 0) is 67.3 Å². The number of nitrogens with one attached hydrogen (secondary N) is 3. The van der Waals surface area contributed by atoms with Crippen LogP contribution < -0.4 is 20.9 Å². The molecule has 4 aliphatic heterocycles. The molecular formula is C29H30FN5O3S. The van der Waals surface area contributed by atoms with Crippen molar-refractivity contribution in [3.8, 4) is 11.1 Å². The van der Waals surface area contributed by atoms with Crippen molar-refractivity contribution in [3.63, 3.8) is 0 Å². The Labute approximate surface area is 230 Å². The second kappa shape index (κ2) is 10.5. The summed E-state index contributed by atoms with van der Waals surface area (Å²) in [6.07, 6.45) is 3.63. The van der Waals surface area contributed by atoms with Crippen molar-refractivity contribution in [1.82, 2.24) is 20.9 Å². The highest BCUT2D eigenvalue weighted by molar-refractivity contribution is 8.04. The summed E-state index contributed by atoms with van der Waals surface area (Å²) < 4.78 is 13.9. The molecule has 39 heavy (non-hydrogen) atoms. The van der Waals surface area contributed by atoms with Gasteiger partial charge in [0.15, 0.2) is 0 Å². The zero-order chi connectivity index (χ0) is 27.1. The number of halogens is 1. The molecule has 2 aromatic carbocycles. The standard InChI is InChI=1S/C29H30FN5O3S/c1-2-23(36)34-13-5-9-20(16-34)32-27(37)26-25-24-22(11-12-31-28(24)39-26)35(29(38)33-25)21-10-4-7-18(15-21)17-6-3-8-19(30)14-17/h2-4,6-8,10,14-15,20,22,24,28,31H,1,5,9,11-13,16H2,(H,32,37)(H,33,38)/t20-,22?,24?,28?/m1/s1. The molecule has 3 N–H and O–H groups in total. The normalized spacial score (nSPS) is 26.1. The Morgan fingerprint density at radius 1 is 1.13 bits per heavy atom. The average Bonchev–Trinajstić information content (AvgIpc) is 3.32. The first-order valence-corrected chi connectivity index (χ1v) is 14.1. The third kappa shape index (κ3) is 4.83. The van der Waals surface area contributed by atoms with E-state index >= 15 is 0 Å². The zero-order valence-electron chi connectivity index (χ0n) is 21.4. The van der Waals surface area contributed by atoms with Gasteiger partial charge in [0.05, 0.1) is 16.3 Å². The smallest absolute Gasteiger partial charge is 0.326 e. The van der Waals surface area contributed by atoms with Crippen molar-refractivity contribution < 1.29 is 18.8 Å². The minimum Gasteiger partial charge on any atom is -0.347 e. The van der Waals surface area contributed by atoms with Crippen LogP contribution in [0, 0.1) is 11.7 Å². The molecular weight excluding hydrogens is 517 g/mol. The van der Waals surface area contributed by atoms with Crippen LogP contribution in [0.15, 0.2) is 71.8 Å². The Hall–Kier alpha value is -3.63. The Morgan fingerprint density at radius 2 is 1.92 bits per heavy atom. The fourth-order valence-electron chi connectivity index (χ4n) is 6.10. The van der Waals surface area contributed by atoms with Crippen LogP contribution in [0.4, 0.5) is 14.9 Å². The summed E-state index contributed by atoms with van der Waals surface area (Å²) in [4.78, 5) is 43.1. The van der Waals surface area contributed by atoms with Crippen molar-refractivity contribution in [2.75, 3.05) is 24.5 Å². The summed E-state index contributed by atoms with van der Waals surface area (Å²) in [6, 6.07) is 13.4. The minimum atomic E-state index is -0.313. The Balaban J connectivity index is 1.25. The summed E-state index contributed by atoms with van der Waals surface area (Å²) in [6.45, 7) is 5.38. The lowest BCUT2D eigenvalue weighted by atomic mass is 9.86. The van der Waals surface area contributed by atoms with Crippen LogP contribution in [0.5, 0.6) is 0 Å². The molecule has 3 fully saturated rings.